The van der Waals surface area contributed by atoms with Crippen LogP contribution in [0.3, 0.4) is 0 Å². The quantitative estimate of drug-likeness (QED) is 0.381. The number of hydrogen-bond donors (Lipinski definition) is 0. The Kier molecular flexibility index (Phi) is 9.18. The Labute approximate surface area is 213 Å². The lowest BCUT2D eigenvalue weighted by atomic mass is 10.1. The van der Waals surface area contributed by atoms with E-state index < -0.39 is 0 Å². The van der Waals surface area contributed by atoms with Crippen molar-refractivity contribution in [2.75, 3.05) is 39.8 Å². The number of ether oxygens (including phenoxy) is 2. The summed E-state index contributed by atoms with van der Waals surface area (Å²) in [5, 5.41) is 0.711. The SMILES string of the molecule is COc1cccc(CO[C@H](CN2CCN(C(=O)CCc3ccccc3)CC2)c2ccc(Cl)cc2)c1. The van der Waals surface area contributed by atoms with Crippen LogP contribution in [0.1, 0.15) is 29.2 Å². The van der Waals surface area contributed by atoms with Gasteiger partial charge in [0.2, 0.25) is 5.91 Å². The zero-order valence-electron chi connectivity index (χ0n) is 20.2. The van der Waals surface area contributed by atoms with Gasteiger partial charge in [0.05, 0.1) is 19.8 Å². The van der Waals surface area contributed by atoms with Gasteiger partial charge in [0.25, 0.3) is 0 Å². The van der Waals surface area contributed by atoms with E-state index in [1.54, 1.807) is 7.11 Å². The Morgan fingerprint density at radius 2 is 1.63 bits per heavy atom. The molecule has 0 unspecified atom stereocenters. The first kappa shape index (κ1) is 25.2. The lowest BCUT2D eigenvalue weighted by molar-refractivity contribution is -0.133. The molecule has 1 aliphatic heterocycles. The van der Waals surface area contributed by atoms with E-state index in [2.05, 4.69) is 17.0 Å². The van der Waals surface area contributed by atoms with E-state index >= 15 is 0 Å². The smallest absolute Gasteiger partial charge is 0.222 e. The highest BCUT2D eigenvalue weighted by Gasteiger charge is 2.24. The third-order valence-corrected chi connectivity index (χ3v) is 6.70. The molecule has 3 aromatic rings. The van der Waals surface area contributed by atoms with Crippen LogP contribution in [-0.4, -0.2) is 55.5 Å². The molecule has 1 atom stereocenters. The molecule has 1 saturated heterocycles. The minimum atomic E-state index is -0.0983. The molecule has 0 radical (unpaired) electrons. The van der Waals surface area contributed by atoms with E-state index in [-0.39, 0.29) is 12.0 Å². The molecule has 3 aromatic carbocycles. The maximum absolute atomic E-state index is 12.7. The number of piperazine rings is 1. The highest BCUT2D eigenvalue weighted by atomic mass is 35.5. The lowest BCUT2D eigenvalue weighted by Crippen LogP contribution is -2.49. The van der Waals surface area contributed by atoms with Crippen molar-refractivity contribution < 1.29 is 14.3 Å². The first-order valence-electron chi connectivity index (χ1n) is 12.1. The van der Waals surface area contributed by atoms with E-state index in [9.17, 15) is 4.79 Å². The molecule has 1 fully saturated rings. The Bertz CT molecular complexity index is 1070. The summed E-state index contributed by atoms with van der Waals surface area (Å²) >= 11 is 6.12. The average Bonchev–Trinajstić information content (AvgIpc) is 2.91. The van der Waals surface area contributed by atoms with Crippen molar-refractivity contribution in [2.45, 2.75) is 25.6 Å². The minimum absolute atomic E-state index is 0.0983. The second-order valence-corrected chi connectivity index (χ2v) is 9.31. The fourth-order valence-corrected chi connectivity index (χ4v) is 4.49. The maximum atomic E-state index is 12.7. The number of methoxy groups -OCH3 is 1. The maximum Gasteiger partial charge on any atom is 0.222 e. The number of aryl methyl sites for hydroxylation is 1. The summed E-state index contributed by atoms with van der Waals surface area (Å²) in [6, 6.07) is 26.0. The van der Waals surface area contributed by atoms with Gasteiger partial charge in [-0.15, -0.1) is 0 Å². The summed E-state index contributed by atoms with van der Waals surface area (Å²) in [5.41, 5.74) is 3.37. The molecule has 0 saturated carbocycles. The first-order valence-corrected chi connectivity index (χ1v) is 12.5. The summed E-state index contributed by atoms with van der Waals surface area (Å²) < 4.78 is 11.7. The molecule has 4 rings (SSSR count). The number of hydrogen-bond acceptors (Lipinski definition) is 4. The van der Waals surface area contributed by atoms with Gasteiger partial charge >= 0.3 is 0 Å². The van der Waals surface area contributed by atoms with Crippen molar-refractivity contribution in [3.8, 4) is 5.75 Å². The molecular weight excluding hydrogens is 460 g/mol. The van der Waals surface area contributed by atoms with E-state index in [0.717, 1.165) is 56.0 Å². The van der Waals surface area contributed by atoms with Gasteiger partial charge in [0.1, 0.15) is 5.75 Å². The van der Waals surface area contributed by atoms with Gasteiger partial charge in [0, 0.05) is 44.2 Å². The Balaban J connectivity index is 1.32. The molecule has 184 valence electrons. The Hall–Kier alpha value is -2.86. The molecular formula is C29H33ClN2O3. The zero-order valence-corrected chi connectivity index (χ0v) is 21.0. The van der Waals surface area contributed by atoms with Crippen LogP contribution in [-0.2, 0) is 22.6 Å². The van der Waals surface area contributed by atoms with Crippen LogP contribution in [0.5, 0.6) is 5.75 Å². The first-order chi connectivity index (χ1) is 17.1. The second kappa shape index (κ2) is 12.7. The average molecular weight is 493 g/mol. The van der Waals surface area contributed by atoms with E-state index in [1.807, 2.05) is 71.6 Å². The highest BCUT2D eigenvalue weighted by Crippen LogP contribution is 2.24. The molecule has 1 aliphatic rings. The molecule has 0 aromatic heterocycles. The van der Waals surface area contributed by atoms with Gasteiger partial charge in [-0.1, -0.05) is 66.2 Å². The summed E-state index contributed by atoms with van der Waals surface area (Å²) in [6.07, 6.45) is 1.25. The van der Waals surface area contributed by atoms with Crippen LogP contribution in [0.4, 0.5) is 0 Å². The number of carbonyl (C=O) groups excluding carboxylic acids is 1. The fraction of sp³-hybridized carbons (Fsp3) is 0.345. The van der Waals surface area contributed by atoms with Gasteiger partial charge in [-0.25, -0.2) is 0 Å². The van der Waals surface area contributed by atoms with Crippen LogP contribution in [0, 0.1) is 0 Å². The highest BCUT2D eigenvalue weighted by molar-refractivity contribution is 6.30. The third kappa shape index (κ3) is 7.56. The normalized spacial score (nSPS) is 15.1. The summed E-state index contributed by atoms with van der Waals surface area (Å²) in [7, 11) is 1.67. The summed E-state index contributed by atoms with van der Waals surface area (Å²) in [5.74, 6) is 1.05. The van der Waals surface area contributed by atoms with Crippen molar-refractivity contribution in [3.63, 3.8) is 0 Å². The van der Waals surface area contributed by atoms with E-state index in [0.29, 0.717) is 18.1 Å². The zero-order chi connectivity index (χ0) is 24.5. The van der Waals surface area contributed by atoms with Crippen molar-refractivity contribution in [2.24, 2.45) is 0 Å². The number of halogens is 1. The molecule has 0 bridgehead atoms. The van der Waals surface area contributed by atoms with Gasteiger partial charge in [-0.3, -0.25) is 9.69 Å². The number of amides is 1. The number of benzene rings is 3. The van der Waals surface area contributed by atoms with Crippen molar-refractivity contribution in [1.29, 1.82) is 0 Å². The van der Waals surface area contributed by atoms with Crippen LogP contribution < -0.4 is 4.74 Å². The molecule has 6 heteroatoms. The number of nitrogens with zero attached hydrogens (tertiary/aromatic N) is 2. The molecule has 35 heavy (non-hydrogen) atoms. The topological polar surface area (TPSA) is 42.0 Å². The Morgan fingerprint density at radius 3 is 2.34 bits per heavy atom. The molecule has 0 N–H and O–H groups in total. The van der Waals surface area contributed by atoms with Crippen LogP contribution in [0.15, 0.2) is 78.9 Å². The molecule has 0 aliphatic carbocycles. The van der Waals surface area contributed by atoms with Crippen molar-refractivity contribution in [1.82, 2.24) is 9.80 Å². The predicted molar refractivity (Wildman–Crippen MR) is 140 cm³/mol. The minimum Gasteiger partial charge on any atom is -0.497 e. The molecule has 1 amide bonds. The van der Waals surface area contributed by atoms with Crippen LogP contribution in [0.2, 0.25) is 5.02 Å². The Morgan fingerprint density at radius 1 is 0.914 bits per heavy atom. The van der Waals surface area contributed by atoms with Gasteiger partial charge in [0.15, 0.2) is 0 Å². The molecule has 5 nitrogen and oxygen atoms in total. The fourth-order valence-electron chi connectivity index (χ4n) is 4.36. The largest absolute Gasteiger partial charge is 0.497 e. The van der Waals surface area contributed by atoms with Gasteiger partial charge in [-0.2, -0.15) is 0 Å². The van der Waals surface area contributed by atoms with Crippen molar-refractivity contribution >= 4 is 17.5 Å². The van der Waals surface area contributed by atoms with Gasteiger partial charge < -0.3 is 14.4 Å². The van der Waals surface area contributed by atoms with Gasteiger partial charge in [-0.05, 0) is 47.4 Å². The van der Waals surface area contributed by atoms with Crippen LogP contribution >= 0.6 is 11.6 Å². The van der Waals surface area contributed by atoms with E-state index in [1.165, 1.54) is 5.56 Å². The molecule has 0 spiro atoms. The second-order valence-electron chi connectivity index (χ2n) is 8.87. The third-order valence-electron chi connectivity index (χ3n) is 6.45. The van der Waals surface area contributed by atoms with Crippen LogP contribution in [0.25, 0.3) is 0 Å². The summed E-state index contributed by atoms with van der Waals surface area (Å²) in [4.78, 5) is 17.1. The molecule has 1 heterocycles. The predicted octanol–water partition coefficient (Wildman–Crippen LogP) is 5.38. The number of rotatable bonds is 10. The lowest BCUT2D eigenvalue weighted by Gasteiger charge is -2.36. The van der Waals surface area contributed by atoms with E-state index in [4.69, 9.17) is 21.1 Å². The standard InChI is InChI=1S/C29H33ClN2O3/c1-34-27-9-5-8-24(20-27)22-35-28(25-11-13-26(30)14-12-25)21-31-16-18-32(19-17-31)29(33)15-10-23-6-3-2-4-7-23/h2-9,11-14,20,28H,10,15-19,21-22H2,1H3/t28-/m1/s1. The number of carbonyl (C=O) groups is 1. The van der Waals surface area contributed by atoms with Crippen molar-refractivity contribution in [3.05, 3.63) is 101 Å². The monoisotopic (exact) mass is 492 g/mol. The summed E-state index contributed by atoms with van der Waals surface area (Å²) in [6.45, 7) is 4.42.